The van der Waals surface area contributed by atoms with Gasteiger partial charge in [-0.25, -0.2) is 0 Å². The van der Waals surface area contributed by atoms with Crippen LogP contribution < -0.4 is 5.32 Å². The first-order valence-corrected chi connectivity index (χ1v) is 6.80. The summed E-state index contributed by atoms with van der Waals surface area (Å²) in [5.41, 5.74) is 2.43. The number of rotatable bonds is 7. The van der Waals surface area contributed by atoms with Crippen LogP contribution in [0.15, 0.2) is 18.3 Å². The lowest BCUT2D eigenvalue weighted by Gasteiger charge is -2.20. The largest absolute Gasteiger partial charge is 0.314 e. The molecule has 0 amide bonds. The molecule has 0 radical (unpaired) electrons. The summed E-state index contributed by atoms with van der Waals surface area (Å²) in [6.45, 7) is 9.88. The van der Waals surface area contributed by atoms with Gasteiger partial charge < -0.3 is 5.32 Å². The van der Waals surface area contributed by atoms with Crippen molar-refractivity contribution in [3.8, 4) is 0 Å². The maximum atomic E-state index is 4.49. The van der Waals surface area contributed by atoms with E-state index in [1.165, 1.54) is 24.1 Å². The Balaban J connectivity index is 2.56. The van der Waals surface area contributed by atoms with Gasteiger partial charge in [-0.3, -0.25) is 4.98 Å². The number of aryl methyl sites for hydroxylation is 1. The molecule has 1 aromatic rings. The normalized spacial score (nSPS) is 14.6. The second-order valence-corrected chi connectivity index (χ2v) is 5.03. The van der Waals surface area contributed by atoms with Crippen LogP contribution in [0, 0.1) is 12.8 Å². The van der Waals surface area contributed by atoms with E-state index in [0.717, 1.165) is 18.9 Å². The summed E-state index contributed by atoms with van der Waals surface area (Å²) in [5.74, 6) is 0.782. The molecule has 0 aliphatic heterocycles. The predicted octanol–water partition coefficient (Wildman–Crippen LogP) is 3.35. The van der Waals surface area contributed by atoms with Gasteiger partial charge in [0.1, 0.15) is 0 Å². The fraction of sp³-hybridized carbons (Fsp3) is 0.667. The van der Waals surface area contributed by atoms with Gasteiger partial charge in [-0.15, -0.1) is 0 Å². The van der Waals surface area contributed by atoms with Crippen molar-refractivity contribution in [2.45, 2.75) is 53.0 Å². The zero-order valence-corrected chi connectivity index (χ0v) is 11.7. The molecule has 0 fully saturated rings. The maximum Gasteiger partial charge on any atom is 0.0419 e. The molecule has 0 bridgehead atoms. The van der Waals surface area contributed by atoms with Crippen LogP contribution in [-0.2, 0) is 6.42 Å². The highest BCUT2D eigenvalue weighted by Crippen LogP contribution is 2.13. The number of nitrogens with zero attached hydrogens (tertiary/aromatic N) is 1. The van der Waals surface area contributed by atoms with E-state index in [2.05, 4.69) is 50.1 Å². The zero-order valence-electron chi connectivity index (χ0n) is 11.7. The maximum absolute atomic E-state index is 4.49. The predicted molar refractivity (Wildman–Crippen MR) is 74.2 cm³/mol. The Kier molecular flexibility index (Phi) is 6.20. The molecule has 0 saturated heterocycles. The molecule has 1 rings (SSSR count). The molecule has 1 aromatic heterocycles. The van der Waals surface area contributed by atoms with Gasteiger partial charge in [0.05, 0.1) is 0 Å². The lowest BCUT2D eigenvalue weighted by Crippen LogP contribution is -2.32. The Morgan fingerprint density at radius 3 is 2.59 bits per heavy atom. The van der Waals surface area contributed by atoms with Gasteiger partial charge >= 0.3 is 0 Å². The Bertz CT molecular complexity index is 305. The zero-order chi connectivity index (χ0) is 12.7. The van der Waals surface area contributed by atoms with E-state index in [4.69, 9.17) is 0 Å². The molecule has 2 nitrogen and oxygen atoms in total. The SMILES string of the molecule is CCNC(Cc1ccc(C)cn1)CC(C)CC. The molecule has 2 heteroatoms. The van der Waals surface area contributed by atoms with E-state index in [-0.39, 0.29) is 0 Å². The Hall–Kier alpha value is -0.890. The summed E-state index contributed by atoms with van der Waals surface area (Å²) in [6.07, 6.45) is 5.49. The van der Waals surface area contributed by atoms with Crippen molar-refractivity contribution >= 4 is 0 Å². The fourth-order valence-electron chi connectivity index (χ4n) is 2.05. The molecule has 0 aliphatic carbocycles. The average molecular weight is 234 g/mol. The van der Waals surface area contributed by atoms with Gasteiger partial charge in [0.25, 0.3) is 0 Å². The number of aromatic nitrogens is 1. The standard InChI is InChI=1S/C15H26N2/c1-5-12(3)9-15(16-6-2)10-14-8-7-13(4)11-17-14/h7-8,11-12,15-16H,5-6,9-10H2,1-4H3. The topological polar surface area (TPSA) is 24.9 Å². The van der Waals surface area contributed by atoms with E-state index in [0.29, 0.717) is 6.04 Å². The Morgan fingerprint density at radius 2 is 2.06 bits per heavy atom. The number of hydrogen-bond acceptors (Lipinski definition) is 2. The van der Waals surface area contributed by atoms with Crippen LogP contribution in [-0.4, -0.2) is 17.6 Å². The third-order valence-electron chi connectivity index (χ3n) is 3.30. The van der Waals surface area contributed by atoms with Crippen molar-refractivity contribution in [3.05, 3.63) is 29.6 Å². The first-order chi connectivity index (χ1) is 8.15. The van der Waals surface area contributed by atoms with E-state index < -0.39 is 0 Å². The molecule has 96 valence electrons. The minimum Gasteiger partial charge on any atom is -0.314 e. The van der Waals surface area contributed by atoms with Crippen LogP contribution in [0.3, 0.4) is 0 Å². The first-order valence-electron chi connectivity index (χ1n) is 6.80. The molecule has 1 heterocycles. The van der Waals surface area contributed by atoms with Crippen LogP contribution in [0.2, 0.25) is 0 Å². The van der Waals surface area contributed by atoms with Crippen molar-refractivity contribution in [2.24, 2.45) is 5.92 Å². The summed E-state index contributed by atoms with van der Waals surface area (Å²) in [4.78, 5) is 4.49. The summed E-state index contributed by atoms with van der Waals surface area (Å²) in [5, 5.41) is 3.57. The molecule has 2 atom stereocenters. The Morgan fingerprint density at radius 1 is 1.29 bits per heavy atom. The van der Waals surface area contributed by atoms with Gasteiger partial charge in [-0.1, -0.05) is 33.3 Å². The van der Waals surface area contributed by atoms with Gasteiger partial charge in [0, 0.05) is 24.4 Å². The number of hydrogen-bond donors (Lipinski definition) is 1. The molecular weight excluding hydrogens is 208 g/mol. The Labute approximate surface area is 106 Å². The van der Waals surface area contributed by atoms with Crippen molar-refractivity contribution in [1.29, 1.82) is 0 Å². The lowest BCUT2D eigenvalue weighted by molar-refractivity contribution is 0.395. The van der Waals surface area contributed by atoms with Gasteiger partial charge in [0.2, 0.25) is 0 Å². The second-order valence-electron chi connectivity index (χ2n) is 5.03. The van der Waals surface area contributed by atoms with E-state index >= 15 is 0 Å². The van der Waals surface area contributed by atoms with Gasteiger partial charge in [0.15, 0.2) is 0 Å². The summed E-state index contributed by atoms with van der Waals surface area (Å²) in [6, 6.07) is 4.86. The third-order valence-corrected chi connectivity index (χ3v) is 3.30. The molecular formula is C15H26N2. The van der Waals surface area contributed by atoms with E-state index in [1.54, 1.807) is 0 Å². The molecule has 1 N–H and O–H groups in total. The van der Waals surface area contributed by atoms with E-state index in [9.17, 15) is 0 Å². The minimum absolute atomic E-state index is 0.560. The van der Waals surface area contributed by atoms with Crippen molar-refractivity contribution < 1.29 is 0 Å². The highest BCUT2D eigenvalue weighted by molar-refractivity contribution is 5.13. The average Bonchev–Trinajstić information content (AvgIpc) is 2.32. The van der Waals surface area contributed by atoms with Crippen molar-refractivity contribution in [2.75, 3.05) is 6.54 Å². The summed E-state index contributed by atoms with van der Waals surface area (Å²) < 4.78 is 0. The third kappa shape index (κ3) is 5.31. The molecule has 0 spiro atoms. The fourth-order valence-corrected chi connectivity index (χ4v) is 2.05. The number of nitrogens with one attached hydrogen (secondary N) is 1. The smallest absolute Gasteiger partial charge is 0.0419 e. The van der Waals surface area contributed by atoms with E-state index in [1.807, 2.05) is 6.20 Å². The molecule has 17 heavy (non-hydrogen) atoms. The molecule has 2 unspecified atom stereocenters. The van der Waals surface area contributed by atoms with Crippen LogP contribution >= 0.6 is 0 Å². The van der Waals surface area contributed by atoms with Crippen LogP contribution in [0.5, 0.6) is 0 Å². The van der Waals surface area contributed by atoms with Crippen molar-refractivity contribution in [1.82, 2.24) is 10.3 Å². The molecule has 0 saturated carbocycles. The summed E-state index contributed by atoms with van der Waals surface area (Å²) in [7, 11) is 0. The molecule has 0 aromatic carbocycles. The van der Waals surface area contributed by atoms with Gasteiger partial charge in [-0.2, -0.15) is 0 Å². The molecule has 0 aliphatic rings. The highest BCUT2D eigenvalue weighted by atomic mass is 14.9. The minimum atomic E-state index is 0.560. The number of pyridine rings is 1. The van der Waals surface area contributed by atoms with Crippen LogP contribution in [0.25, 0.3) is 0 Å². The van der Waals surface area contributed by atoms with Crippen molar-refractivity contribution in [3.63, 3.8) is 0 Å². The monoisotopic (exact) mass is 234 g/mol. The number of likely N-dealkylation sites (N-methyl/N-ethyl adjacent to an activating group) is 1. The van der Waals surface area contributed by atoms with Gasteiger partial charge in [-0.05, 0) is 37.4 Å². The van der Waals surface area contributed by atoms with Crippen LogP contribution in [0.1, 0.15) is 44.9 Å². The van der Waals surface area contributed by atoms with Crippen LogP contribution in [0.4, 0.5) is 0 Å². The highest BCUT2D eigenvalue weighted by Gasteiger charge is 2.12. The summed E-state index contributed by atoms with van der Waals surface area (Å²) >= 11 is 0. The first kappa shape index (κ1) is 14.2. The quantitative estimate of drug-likeness (QED) is 0.782. The lowest BCUT2D eigenvalue weighted by atomic mass is 9.96. The second kappa shape index (κ2) is 7.44.